The second kappa shape index (κ2) is 10.6. The highest BCUT2D eigenvalue weighted by molar-refractivity contribution is 7.92. The first-order valence-corrected chi connectivity index (χ1v) is 13.0. The van der Waals surface area contributed by atoms with E-state index in [-0.39, 0.29) is 11.7 Å². The van der Waals surface area contributed by atoms with Crippen molar-refractivity contribution >= 4 is 39.2 Å². The quantitative estimate of drug-likeness (QED) is 0.444. The summed E-state index contributed by atoms with van der Waals surface area (Å²) >= 11 is 0. The topological polar surface area (TPSA) is 143 Å². The van der Waals surface area contributed by atoms with E-state index in [9.17, 15) is 18.0 Å². The molecule has 0 saturated carbocycles. The number of urea groups is 1. The van der Waals surface area contributed by atoms with E-state index in [1.165, 1.54) is 19.5 Å². The molecule has 0 unspecified atom stereocenters. The number of rotatable bonds is 7. The zero-order chi connectivity index (χ0) is 25.7. The number of para-hydroxylation sites is 1. The van der Waals surface area contributed by atoms with E-state index in [1.807, 2.05) is 24.3 Å². The van der Waals surface area contributed by atoms with Crippen LogP contribution in [0.3, 0.4) is 0 Å². The number of carbonyl (C=O) groups excluding carboxylic acids is 2. The molecule has 36 heavy (non-hydrogen) atoms. The second-order valence-electron chi connectivity index (χ2n) is 8.19. The van der Waals surface area contributed by atoms with Gasteiger partial charge in [-0.3, -0.25) is 14.8 Å². The van der Waals surface area contributed by atoms with Crippen LogP contribution in [-0.2, 0) is 14.8 Å². The maximum Gasteiger partial charge on any atom is 0.321 e. The molecular formula is C24H26N6O5S. The van der Waals surface area contributed by atoms with E-state index in [4.69, 9.17) is 4.74 Å². The summed E-state index contributed by atoms with van der Waals surface area (Å²) in [7, 11) is -1.97. The normalized spacial score (nSPS) is 15.8. The SMILES string of the molecule is COc1cnc(NC(=O)N[C@@H]2CCCN(c3ccc(-c4ccccc4NS(C)(=O)=O)cc3)C2=O)cn1. The lowest BCUT2D eigenvalue weighted by Crippen LogP contribution is -2.53. The van der Waals surface area contributed by atoms with E-state index in [0.717, 1.165) is 17.4 Å². The Morgan fingerprint density at radius 1 is 1.08 bits per heavy atom. The summed E-state index contributed by atoms with van der Waals surface area (Å²) < 4.78 is 30.9. The van der Waals surface area contributed by atoms with Crippen molar-refractivity contribution in [2.75, 3.05) is 34.8 Å². The Morgan fingerprint density at radius 2 is 1.83 bits per heavy atom. The van der Waals surface area contributed by atoms with Crippen LogP contribution in [0.4, 0.5) is 22.0 Å². The van der Waals surface area contributed by atoms with E-state index in [0.29, 0.717) is 36.6 Å². The monoisotopic (exact) mass is 510 g/mol. The van der Waals surface area contributed by atoms with Gasteiger partial charge in [-0.25, -0.2) is 23.2 Å². The highest BCUT2D eigenvalue weighted by Crippen LogP contribution is 2.31. The molecule has 1 saturated heterocycles. The number of methoxy groups -OCH3 is 1. The Labute approximate surface area is 209 Å². The smallest absolute Gasteiger partial charge is 0.321 e. The van der Waals surface area contributed by atoms with Crippen molar-refractivity contribution in [1.82, 2.24) is 15.3 Å². The largest absolute Gasteiger partial charge is 0.480 e. The van der Waals surface area contributed by atoms with Crippen LogP contribution in [0.1, 0.15) is 12.8 Å². The molecular weight excluding hydrogens is 484 g/mol. The van der Waals surface area contributed by atoms with Crippen LogP contribution in [0.15, 0.2) is 60.9 Å². The molecule has 0 spiro atoms. The summed E-state index contributed by atoms with van der Waals surface area (Å²) in [6, 6.07) is 13.1. The first-order chi connectivity index (χ1) is 17.2. The summed E-state index contributed by atoms with van der Waals surface area (Å²) in [5.74, 6) is 0.332. The van der Waals surface area contributed by atoms with E-state index in [2.05, 4.69) is 25.3 Å². The third-order valence-corrected chi connectivity index (χ3v) is 6.13. The number of anilines is 3. The molecule has 2 heterocycles. The molecule has 12 heteroatoms. The number of nitrogens with one attached hydrogen (secondary N) is 3. The summed E-state index contributed by atoms with van der Waals surface area (Å²) in [5, 5.41) is 5.27. The molecule has 1 aliphatic rings. The summed E-state index contributed by atoms with van der Waals surface area (Å²) in [5.41, 5.74) is 2.67. The molecule has 4 rings (SSSR count). The van der Waals surface area contributed by atoms with Crippen LogP contribution in [0.2, 0.25) is 0 Å². The molecule has 1 aromatic heterocycles. The number of sulfonamides is 1. The van der Waals surface area contributed by atoms with Crippen LogP contribution < -0.4 is 25.0 Å². The molecule has 0 bridgehead atoms. The fourth-order valence-corrected chi connectivity index (χ4v) is 4.48. The minimum atomic E-state index is -3.44. The minimum absolute atomic E-state index is 0.218. The predicted octanol–water partition coefficient (Wildman–Crippen LogP) is 2.84. The molecule has 1 aliphatic heterocycles. The molecule has 1 fully saturated rings. The maximum atomic E-state index is 13.1. The summed E-state index contributed by atoms with van der Waals surface area (Å²) in [4.78, 5) is 35.2. The van der Waals surface area contributed by atoms with E-state index < -0.39 is 22.1 Å². The van der Waals surface area contributed by atoms with Crippen LogP contribution in [0, 0.1) is 0 Å². The number of carbonyl (C=O) groups is 2. The first kappa shape index (κ1) is 24.9. The Morgan fingerprint density at radius 3 is 2.50 bits per heavy atom. The Balaban J connectivity index is 1.44. The van der Waals surface area contributed by atoms with Gasteiger partial charge in [0.2, 0.25) is 21.8 Å². The van der Waals surface area contributed by atoms with Crippen molar-refractivity contribution in [1.29, 1.82) is 0 Å². The van der Waals surface area contributed by atoms with Crippen molar-refractivity contribution in [2.45, 2.75) is 18.9 Å². The molecule has 3 N–H and O–H groups in total. The van der Waals surface area contributed by atoms with Crippen molar-refractivity contribution in [3.8, 4) is 17.0 Å². The second-order valence-corrected chi connectivity index (χ2v) is 9.94. The van der Waals surface area contributed by atoms with Gasteiger partial charge >= 0.3 is 6.03 Å². The van der Waals surface area contributed by atoms with Gasteiger partial charge in [0.05, 0.1) is 31.4 Å². The molecule has 188 valence electrons. The number of nitrogens with zero attached hydrogens (tertiary/aromatic N) is 3. The number of aromatic nitrogens is 2. The minimum Gasteiger partial charge on any atom is -0.480 e. The number of ether oxygens (including phenoxy) is 1. The first-order valence-electron chi connectivity index (χ1n) is 11.2. The molecule has 11 nitrogen and oxygen atoms in total. The van der Waals surface area contributed by atoms with Gasteiger partial charge in [0.15, 0.2) is 5.82 Å². The zero-order valence-corrected chi connectivity index (χ0v) is 20.6. The molecule has 3 aromatic rings. The summed E-state index contributed by atoms with van der Waals surface area (Å²) in [6.45, 7) is 0.522. The third kappa shape index (κ3) is 6.08. The lowest BCUT2D eigenvalue weighted by Gasteiger charge is -2.32. The number of hydrogen-bond acceptors (Lipinski definition) is 7. The average Bonchev–Trinajstić information content (AvgIpc) is 2.85. The van der Waals surface area contributed by atoms with Crippen LogP contribution >= 0.6 is 0 Å². The molecule has 1 atom stereocenters. The fraction of sp³-hybridized carbons (Fsp3) is 0.250. The van der Waals surface area contributed by atoms with E-state index >= 15 is 0 Å². The molecule has 3 amide bonds. The van der Waals surface area contributed by atoms with Crippen LogP contribution in [-0.4, -0.2) is 56.3 Å². The summed E-state index contributed by atoms with van der Waals surface area (Å²) in [6.07, 6.45) is 5.06. The van der Waals surface area contributed by atoms with Crippen molar-refractivity contribution < 1.29 is 22.7 Å². The van der Waals surface area contributed by atoms with Gasteiger partial charge in [-0.15, -0.1) is 0 Å². The Kier molecular flexibility index (Phi) is 7.34. The van der Waals surface area contributed by atoms with Crippen LogP contribution in [0.25, 0.3) is 11.1 Å². The Hall–Kier alpha value is -4.19. The zero-order valence-electron chi connectivity index (χ0n) is 19.8. The Bertz CT molecular complexity index is 1350. The van der Waals surface area contributed by atoms with Crippen molar-refractivity contribution in [2.24, 2.45) is 0 Å². The van der Waals surface area contributed by atoms with Crippen LogP contribution in [0.5, 0.6) is 5.88 Å². The van der Waals surface area contributed by atoms with Gasteiger partial charge in [0.1, 0.15) is 6.04 Å². The maximum absolute atomic E-state index is 13.1. The van der Waals surface area contributed by atoms with Gasteiger partial charge in [-0.05, 0) is 36.6 Å². The third-order valence-electron chi connectivity index (χ3n) is 5.54. The van der Waals surface area contributed by atoms with E-state index in [1.54, 1.807) is 29.2 Å². The van der Waals surface area contributed by atoms with Gasteiger partial charge in [-0.1, -0.05) is 30.3 Å². The van der Waals surface area contributed by atoms with Crippen molar-refractivity contribution in [3.63, 3.8) is 0 Å². The molecule has 2 aromatic carbocycles. The van der Waals surface area contributed by atoms with Gasteiger partial charge < -0.3 is 15.0 Å². The highest BCUT2D eigenvalue weighted by atomic mass is 32.2. The number of piperidine rings is 1. The average molecular weight is 511 g/mol. The standard InChI is InChI=1S/C24H26N6O5S/c1-35-22-15-25-21(14-26-22)28-24(32)27-20-8-5-13-30(23(20)31)17-11-9-16(10-12-17)18-6-3-4-7-19(18)29-36(2,33)34/h3-4,6-7,9-12,14-15,20,29H,5,8,13H2,1-2H3,(H2,25,27,28,32)/t20-/m1/s1. The van der Waals surface area contributed by atoms with Gasteiger partial charge in [-0.2, -0.15) is 0 Å². The lowest BCUT2D eigenvalue weighted by atomic mass is 10.0. The molecule has 0 aliphatic carbocycles. The number of amides is 3. The predicted molar refractivity (Wildman–Crippen MR) is 136 cm³/mol. The van der Waals surface area contributed by atoms with Gasteiger partial charge in [0.25, 0.3) is 0 Å². The van der Waals surface area contributed by atoms with Crippen molar-refractivity contribution in [3.05, 3.63) is 60.9 Å². The number of hydrogen-bond donors (Lipinski definition) is 3. The fourth-order valence-electron chi connectivity index (χ4n) is 3.91. The lowest BCUT2D eigenvalue weighted by molar-refractivity contribution is -0.121. The van der Waals surface area contributed by atoms with Gasteiger partial charge in [0, 0.05) is 17.8 Å². The molecule has 0 radical (unpaired) electrons. The number of benzene rings is 2. The highest BCUT2D eigenvalue weighted by Gasteiger charge is 2.31.